The van der Waals surface area contributed by atoms with Crippen LogP contribution in [0.25, 0.3) is 0 Å². The molecule has 1 aliphatic carbocycles. The molecule has 2 heteroatoms. The number of aliphatic hydroxyl groups is 1. The van der Waals surface area contributed by atoms with Crippen LogP contribution in [0.3, 0.4) is 0 Å². The van der Waals surface area contributed by atoms with Gasteiger partial charge in [0.2, 0.25) is 0 Å². The van der Waals surface area contributed by atoms with Crippen LogP contribution in [0.2, 0.25) is 0 Å². The molecule has 0 radical (unpaired) electrons. The summed E-state index contributed by atoms with van der Waals surface area (Å²) in [5.74, 6) is 0. The zero-order chi connectivity index (χ0) is 12.5. The second-order valence-corrected chi connectivity index (χ2v) is 5.80. The van der Waals surface area contributed by atoms with Gasteiger partial charge >= 0.3 is 0 Å². The maximum absolute atomic E-state index is 10.3. The molecule has 0 spiro atoms. The molecule has 17 heavy (non-hydrogen) atoms. The topological polar surface area (TPSA) is 46.2 Å². The summed E-state index contributed by atoms with van der Waals surface area (Å²) < 4.78 is 0. The molecule has 1 aromatic rings. The van der Waals surface area contributed by atoms with Gasteiger partial charge in [0.15, 0.2) is 0 Å². The number of hydrogen-bond donors (Lipinski definition) is 2. The van der Waals surface area contributed by atoms with E-state index in [2.05, 4.69) is 12.1 Å². The van der Waals surface area contributed by atoms with Crippen LogP contribution >= 0.6 is 0 Å². The van der Waals surface area contributed by atoms with E-state index in [1.165, 1.54) is 18.4 Å². The molecule has 94 valence electrons. The number of benzene rings is 1. The van der Waals surface area contributed by atoms with Gasteiger partial charge in [-0.1, -0.05) is 37.1 Å². The number of hydrogen-bond acceptors (Lipinski definition) is 2. The van der Waals surface area contributed by atoms with Gasteiger partial charge in [-0.25, -0.2) is 0 Å². The average molecular weight is 233 g/mol. The quantitative estimate of drug-likeness (QED) is 0.843. The molecule has 0 bridgehead atoms. The van der Waals surface area contributed by atoms with Crippen LogP contribution in [0.15, 0.2) is 24.3 Å². The third-order valence-electron chi connectivity index (χ3n) is 4.11. The number of rotatable bonds is 3. The maximum atomic E-state index is 10.3. The highest BCUT2D eigenvalue weighted by atomic mass is 16.3. The first kappa shape index (κ1) is 12.6. The lowest BCUT2D eigenvalue weighted by molar-refractivity contribution is 0.0761. The molecule has 0 aromatic heterocycles. The van der Waals surface area contributed by atoms with E-state index in [1.807, 2.05) is 26.0 Å². The second-order valence-electron chi connectivity index (χ2n) is 5.80. The fraction of sp³-hybridized carbons (Fsp3) is 0.600. The Morgan fingerprint density at radius 1 is 1.24 bits per heavy atom. The van der Waals surface area contributed by atoms with Crippen molar-refractivity contribution < 1.29 is 5.11 Å². The fourth-order valence-corrected chi connectivity index (χ4v) is 3.11. The SMILES string of the molecule is CC(C)(O)c1ccccc1C1(CN)CCCC1. The zero-order valence-electron chi connectivity index (χ0n) is 10.9. The Hall–Kier alpha value is -0.860. The predicted molar refractivity (Wildman–Crippen MR) is 70.9 cm³/mol. The molecular formula is C15H23NO. The van der Waals surface area contributed by atoms with Crippen molar-refractivity contribution in [1.82, 2.24) is 0 Å². The minimum atomic E-state index is -0.790. The average Bonchev–Trinajstić information content (AvgIpc) is 2.78. The van der Waals surface area contributed by atoms with E-state index in [-0.39, 0.29) is 5.41 Å². The van der Waals surface area contributed by atoms with Crippen LogP contribution in [-0.2, 0) is 11.0 Å². The van der Waals surface area contributed by atoms with Crippen molar-refractivity contribution in [2.45, 2.75) is 50.5 Å². The Bertz CT molecular complexity index is 386. The van der Waals surface area contributed by atoms with E-state index in [0.29, 0.717) is 6.54 Å². The van der Waals surface area contributed by atoms with Gasteiger partial charge in [-0.05, 0) is 37.8 Å². The Labute approximate surface area is 104 Å². The molecule has 0 aliphatic heterocycles. The van der Waals surface area contributed by atoms with E-state index in [0.717, 1.165) is 18.4 Å². The molecule has 1 fully saturated rings. The van der Waals surface area contributed by atoms with Crippen molar-refractivity contribution >= 4 is 0 Å². The van der Waals surface area contributed by atoms with Crippen molar-refractivity contribution in [3.8, 4) is 0 Å². The van der Waals surface area contributed by atoms with Crippen molar-refractivity contribution in [2.75, 3.05) is 6.54 Å². The highest BCUT2D eigenvalue weighted by molar-refractivity contribution is 5.38. The third kappa shape index (κ3) is 2.24. The minimum Gasteiger partial charge on any atom is -0.386 e. The van der Waals surface area contributed by atoms with Gasteiger partial charge in [0.1, 0.15) is 0 Å². The lowest BCUT2D eigenvalue weighted by Crippen LogP contribution is -2.35. The highest BCUT2D eigenvalue weighted by Gasteiger charge is 2.37. The van der Waals surface area contributed by atoms with Crippen LogP contribution in [-0.4, -0.2) is 11.7 Å². The van der Waals surface area contributed by atoms with Gasteiger partial charge in [0, 0.05) is 12.0 Å². The Morgan fingerprint density at radius 2 is 1.82 bits per heavy atom. The first-order valence-electron chi connectivity index (χ1n) is 6.52. The zero-order valence-corrected chi connectivity index (χ0v) is 10.9. The summed E-state index contributed by atoms with van der Waals surface area (Å²) in [6.45, 7) is 4.39. The molecule has 0 amide bonds. The van der Waals surface area contributed by atoms with Gasteiger partial charge < -0.3 is 10.8 Å². The lowest BCUT2D eigenvalue weighted by atomic mass is 9.74. The number of nitrogens with two attached hydrogens (primary N) is 1. The molecule has 1 aromatic carbocycles. The van der Waals surface area contributed by atoms with E-state index < -0.39 is 5.60 Å². The van der Waals surface area contributed by atoms with Crippen LogP contribution in [0.5, 0.6) is 0 Å². The monoisotopic (exact) mass is 233 g/mol. The first-order chi connectivity index (χ1) is 7.99. The summed E-state index contributed by atoms with van der Waals surface area (Å²) in [7, 11) is 0. The van der Waals surface area contributed by atoms with E-state index in [4.69, 9.17) is 5.73 Å². The highest BCUT2D eigenvalue weighted by Crippen LogP contribution is 2.43. The fourth-order valence-electron chi connectivity index (χ4n) is 3.11. The van der Waals surface area contributed by atoms with E-state index >= 15 is 0 Å². The van der Waals surface area contributed by atoms with Crippen molar-refractivity contribution in [2.24, 2.45) is 5.73 Å². The van der Waals surface area contributed by atoms with Crippen molar-refractivity contribution in [3.63, 3.8) is 0 Å². The summed E-state index contributed by atoms with van der Waals surface area (Å²) in [5.41, 5.74) is 7.63. The van der Waals surface area contributed by atoms with Gasteiger partial charge in [0.05, 0.1) is 5.60 Å². The standard InChI is InChI=1S/C15H23NO/c1-14(2,17)12-7-3-4-8-13(12)15(11-16)9-5-6-10-15/h3-4,7-8,17H,5-6,9-11,16H2,1-2H3. The summed E-state index contributed by atoms with van der Waals surface area (Å²) in [6, 6.07) is 8.23. The molecule has 0 heterocycles. The molecule has 2 nitrogen and oxygen atoms in total. The van der Waals surface area contributed by atoms with Crippen LogP contribution < -0.4 is 5.73 Å². The van der Waals surface area contributed by atoms with Gasteiger partial charge in [0.25, 0.3) is 0 Å². The largest absolute Gasteiger partial charge is 0.386 e. The minimum absolute atomic E-state index is 0.0938. The van der Waals surface area contributed by atoms with Crippen LogP contribution in [0.4, 0.5) is 0 Å². The van der Waals surface area contributed by atoms with Gasteiger partial charge in [-0.2, -0.15) is 0 Å². The van der Waals surface area contributed by atoms with Gasteiger partial charge in [-0.15, -0.1) is 0 Å². The van der Waals surface area contributed by atoms with Crippen molar-refractivity contribution in [1.29, 1.82) is 0 Å². The smallest absolute Gasteiger partial charge is 0.0843 e. The third-order valence-corrected chi connectivity index (χ3v) is 4.11. The molecule has 1 saturated carbocycles. The normalized spacial score (nSPS) is 19.5. The molecular weight excluding hydrogens is 210 g/mol. The maximum Gasteiger partial charge on any atom is 0.0843 e. The summed E-state index contributed by atoms with van der Waals surface area (Å²) in [4.78, 5) is 0. The molecule has 2 rings (SSSR count). The Morgan fingerprint density at radius 3 is 2.35 bits per heavy atom. The predicted octanol–water partition coefficient (Wildman–Crippen LogP) is 2.68. The summed E-state index contributed by atoms with van der Waals surface area (Å²) in [6.07, 6.45) is 4.79. The van der Waals surface area contributed by atoms with E-state index in [9.17, 15) is 5.11 Å². The molecule has 0 atom stereocenters. The lowest BCUT2D eigenvalue weighted by Gasteiger charge is -2.33. The molecule has 3 N–H and O–H groups in total. The summed E-state index contributed by atoms with van der Waals surface area (Å²) >= 11 is 0. The van der Waals surface area contributed by atoms with Gasteiger partial charge in [-0.3, -0.25) is 0 Å². The summed E-state index contributed by atoms with van der Waals surface area (Å²) in [5, 5.41) is 10.3. The Kier molecular flexibility index (Phi) is 3.28. The molecule has 0 unspecified atom stereocenters. The second kappa shape index (κ2) is 4.43. The molecule has 0 saturated heterocycles. The van der Waals surface area contributed by atoms with Crippen LogP contribution in [0.1, 0.15) is 50.7 Å². The first-order valence-corrected chi connectivity index (χ1v) is 6.52. The van der Waals surface area contributed by atoms with E-state index in [1.54, 1.807) is 0 Å². The van der Waals surface area contributed by atoms with Crippen molar-refractivity contribution in [3.05, 3.63) is 35.4 Å². The van der Waals surface area contributed by atoms with Crippen LogP contribution in [0, 0.1) is 0 Å². The molecule has 1 aliphatic rings. The Balaban J connectivity index is 2.51.